The van der Waals surface area contributed by atoms with E-state index in [4.69, 9.17) is 14.7 Å². The van der Waals surface area contributed by atoms with E-state index in [9.17, 15) is 9.59 Å². The first kappa shape index (κ1) is 20.9. The summed E-state index contributed by atoms with van der Waals surface area (Å²) in [6, 6.07) is 0.868. The van der Waals surface area contributed by atoms with E-state index >= 15 is 0 Å². The fraction of sp³-hybridized carbons (Fsp3) is 0.786. The van der Waals surface area contributed by atoms with Gasteiger partial charge in [0, 0.05) is 10.5 Å². The first-order valence-electron chi connectivity index (χ1n) is 6.78. The SMILES string of the molecule is CC(C)(C)OC(=O)NC(CSSC(C)(C)C)C(=O)OCC#N. The predicted molar refractivity (Wildman–Crippen MR) is 89.5 cm³/mol. The van der Waals surface area contributed by atoms with Gasteiger partial charge in [0.25, 0.3) is 0 Å². The molecule has 0 radical (unpaired) electrons. The average molecular weight is 348 g/mol. The molecule has 0 aliphatic heterocycles. The lowest BCUT2D eigenvalue weighted by Gasteiger charge is -2.23. The third-order valence-corrected chi connectivity index (χ3v) is 5.15. The minimum absolute atomic E-state index is 0.0255. The van der Waals surface area contributed by atoms with Crippen LogP contribution in [0.2, 0.25) is 0 Å². The Kier molecular flexibility index (Phi) is 8.71. The first-order chi connectivity index (χ1) is 9.94. The van der Waals surface area contributed by atoms with Gasteiger partial charge in [0.05, 0.1) is 0 Å². The summed E-state index contributed by atoms with van der Waals surface area (Å²) in [7, 11) is 3.05. The molecule has 0 saturated carbocycles. The largest absolute Gasteiger partial charge is 0.449 e. The van der Waals surface area contributed by atoms with Crippen LogP contribution in [0.5, 0.6) is 0 Å². The smallest absolute Gasteiger partial charge is 0.408 e. The third-order valence-electron chi connectivity index (χ3n) is 1.80. The second-order valence-corrected chi connectivity index (χ2v) is 9.61. The average Bonchev–Trinajstić information content (AvgIpc) is 2.30. The highest BCUT2D eigenvalue weighted by atomic mass is 33.1. The minimum Gasteiger partial charge on any atom is -0.449 e. The molecule has 0 heterocycles. The lowest BCUT2D eigenvalue weighted by Crippen LogP contribution is -2.45. The highest BCUT2D eigenvalue weighted by Gasteiger charge is 2.26. The number of carbonyl (C=O) groups is 2. The number of amides is 1. The van der Waals surface area contributed by atoms with Gasteiger partial charge < -0.3 is 14.8 Å². The molecule has 6 nitrogen and oxygen atoms in total. The molecule has 126 valence electrons. The van der Waals surface area contributed by atoms with E-state index in [0.29, 0.717) is 5.75 Å². The van der Waals surface area contributed by atoms with Crippen molar-refractivity contribution in [3.63, 3.8) is 0 Å². The van der Waals surface area contributed by atoms with E-state index in [1.807, 2.05) is 0 Å². The van der Waals surface area contributed by atoms with Crippen molar-refractivity contribution in [1.29, 1.82) is 5.26 Å². The van der Waals surface area contributed by atoms with Crippen LogP contribution in [-0.2, 0) is 14.3 Å². The molecular formula is C14H24N2O4S2. The molecular weight excluding hydrogens is 324 g/mol. The maximum Gasteiger partial charge on any atom is 0.408 e. The van der Waals surface area contributed by atoms with Crippen molar-refractivity contribution >= 4 is 33.7 Å². The summed E-state index contributed by atoms with van der Waals surface area (Å²) in [6.07, 6.45) is -0.687. The third kappa shape index (κ3) is 11.6. The molecule has 1 atom stereocenters. The Balaban J connectivity index is 4.62. The Morgan fingerprint density at radius 1 is 1.23 bits per heavy atom. The van der Waals surface area contributed by atoms with E-state index in [1.165, 1.54) is 10.8 Å². The summed E-state index contributed by atoms with van der Waals surface area (Å²) in [5.41, 5.74) is -0.654. The van der Waals surface area contributed by atoms with Crippen LogP contribution in [-0.4, -0.2) is 40.8 Å². The number of nitriles is 1. The fourth-order valence-electron chi connectivity index (χ4n) is 1.10. The number of rotatable bonds is 6. The Hall–Kier alpha value is -1.07. The number of ether oxygens (including phenoxy) is 2. The second-order valence-electron chi connectivity index (χ2n) is 6.44. The number of nitrogens with one attached hydrogen (secondary N) is 1. The summed E-state index contributed by atoms with van der Waals surface area (Å²) in [5.74, 6) is -0.319. The molecule has 1 unspecified atom stereocenters. The zero-order chi connectivity index (χ0) is 17.4. The minimum atomic E-state index is -0.858. The molecule has 0 fully saturated rings. The number of hydrogen-bond acceptors (Lipinski definition) is 7. The van der Waals surface area contributed by atoms with Crippen LogP contribution in [0.25, 0.3) is 0 Å². The van der Waals surface area contributed by atoms with Gasteiger partial charge in [0.1, 0.15) is 17.7 Å². The zero-order valence-corrected chi connectivity index (χ0v) is 15.5. The lowest BCUT2D eigenvalue weighted by molar-refractivity contribution is -0.144. The van der Waals surface area contributed by atoms with Gasteiger partial charge in [-0.2, -0.15) is 5.26 Å². The normalized spacial score (nSPS) is 13.0. The molecule has 1 N–H and O–H groups in total. The van der Waals surface area contributed by atoms with Crippen molar-refractivity contribution in [2.75, 3.05) is 12.4 Å². The van der Waals surface area contributed by atoms with Crippen LogP contribution in [0.1, 0.15) is 41.5 Å². The molecule has 8 heteroatoms. The topological polar surface area (TPSA) is 88.4 Å². The van der Waals surface area contributed by atoms with Gasteiger partial charge in [0.2, 0.25) is 0 Å². The van der Waals surface area contributed by atoms with Crippen LogP contribution in [0.3, 0.4) is 0 Å². The van der Waals surface area contributed by atoms with Gasteiger partial charge in [0.15, 0.2) is 6.61 Å². The van der Waals surface area contributed by atoms with Crippen LogP contribution >= 0.6 is 21.6 Å². The lowest BCUT2D eigenvalue weighted by atomic mass is 10.2. The number of hydrogen-bond donors (Lipinski definition) is 1. The maximum absolute atomic E-state index is 11.9. The van der Waals surface area contributed by atoms with Crippen LogP contribution in [0, 0.1) is 11.3 Å². The van der Waals surface area contributed by atoms with Gasteiger partial charge >= 0.3 is 12.1 Å². The number of nitrogens with zero attached hydrogens (tertiary/aromatic N) is 1. The van der Waals surface area contributed by atoms with E-state index in [-0.39, 0.29) is 11.4 Å². The highest BCUT2D eigenvalue weighted by molar-refractivity contribution is 8.77. The van der Waals surface area contributed by atoms with E-state index in [0.717, 1.165) is 0 Å². The monoisotopic (exact) mass is 348 g/mol. The summed E-state index contributed by atoms with van der Waals surface area (Å²) in [5, 5.41) is 11.0. The molecule has 22 heavy (non-hydrogen) atoms. The summed E-state index contributed by atoms with van der Waals surface area (Å²) < 4.78 is 9.93. The van der Waals surface area contributed by atoms with E-state index < -0.39 is 23.7 Å². The standard InChI is InChI=1S/C14H24N2O4S2/c1-13(2,3)20-12(18)16-10(11(17)19-8-7-15)9-21-22-14(4,5)6/h10H,8-9H2,1-6H3,(H,16,18). The van der Waals surface area contributed by atoms with Crippen LogP contribution in [0.15, 0.2) is 0 Å². The van der Waals surface area contributed by atoms with Crippen molar-refractivity contribution in [2.45, 2.75) is 57.9 Å². The Morgan fingerprint density at radius 3 is 2.27 bits per heavy atom. The molecule has 0 aliphatic rings. The number of alkyl carbamates (subject to hydrolysis) is 1. The molecule has 0 bridgehead atoms. The molecule has 0 aliphatic carbocycles. The van der Waals surface area contributed by atoms with Crippen LogP contribution in [0.4, 0.5) is 4.79 Å². The predicted octanol–water partition coefficient (Wildman–Crippen LogP) is 3.13. The number of esters is 1. The first-order valence-corrected chi connectivity index (χ1v) is 9.10. The van der Waals surface area contributed by atoms with E-state index in [2.05, 4.69) is 26.1 Å². The molecule has 0 aromatic carbocycles. The highest BCUT2D eigenvalue weighted by Crippen LogP contribution is 2.35. The Morgan fingerprint density at radius 2 is 1.82 bits per heavy atom. The molecule has 0 rings (SSSR count). The van der Waals surface area contributed by atoms with Crippen molar-refractivity contribution in [2.24, 2.45) is 0 Å². The van der Waals surface area contributed by atoms with Gasteiger partial charge in [-0.15, -0.1) is 0 Å². The van der Waals surface area contributed by atoms with Gasteiger partial charge in [-0.25, -0.2) is 9.59 Å². The fourth-order valence-corrected chi connectivity index (χ4v) is 3.55. The van der Waals surface area contributed by atoms with Gasteiger partial charge in [-0.05, 0) is 20.8 Å². The molecule has 1 amide bonds. The summed E-state index contributed by atoms with van der Waals surface area (Å²) in [4.78, 5) is 23.7. The summed E-state index contributed by atoms with van der Waals surface area (Å²) in [6.45, 7) is 11.0. The Bertz CT molecular complexity index is 422. The van der Waals surface area contributed by atoms with Gasteiger partial charge in [-0.3, -0.25) is 0 Å². The summed E-state index contributed by atoms with van der Waals surface area (Å²) >= 11 is 0. The Labute approximate surface area is 140 Å². The molecule has 0 spiro atoms. The quantitative estimate of drug-likeness (QED) is 0.582. The number of carbonyl (C=O) groups excluding carboxylic acids is 2. The maximum atomic E-state index is 11.9. The second kappa shape index (κ2) is 9.16. The van der Waals surface area contributed by atoms with Crippen molar-refractivity contribution in [3.05, 3.63) is 0 Å². The van der Waals surface area contributed by atoms with Crippen molar-refractivity contribution in [3.8, 4) is 6.07 Å². The molecule has 0 aromatic rings. The zero-order valence-electron chi connectivity index (χ0n) is 13.9. The molecule has 0 saturated heterocycles. The molecule has 0 aromatic heterocycles. The van der Waals surface area contributed by atoms with Crippen molar-refractivity contribution in [1.82, 2.24) is 5.32 Å². The van der Waals surface area contributed by atoms with Crippen molar-refractivity contribution < 1.29 is 19.1 Å². The van der Waals surface area contributed by atoms with Gasteiger partial charge in [-0.1, -0.05) is 42.4 Å². The van der Waals surface area contributed by atoms with Crippen LogP contribution < -0.4 is 5.32 Å². The van der Waals surface area contributed by atoms with E-state index in [1.54, 1.807) is 37.6 Å².